The molecule has 0 bridgehead atoms. The van der Waals surface area contributed by atoms with E-state index in [1.165, 1.54) is 35.9 Å². The van der Waals surface area contributed by atoms with Crippen molar-refractivity contribution in [1.82, 2.24) is 0 Å². The molecule has 0 spiro atoms. The van der Waals surface area contributed by atoms with Gasteiger partial charge in [0.1, 0.15) is 23.2 Å². The summed E-state index contributed by atoms with van der Waals surface area (Å²) < 4.78 is 76.3. The van der Waals surface area contributed by atoms with Crippen molar-refractivity contribution < 1.29 is 26.7 Å². The van der Waals surface area contributed by atoms with Crippen LogP contribution in [-0.4, -0.2) is 6.11 Å². The van der Waals surface area contributed by atoms with Crippen LogP contribution in [-0.2, 0) is 6.42 Å². The Hall–Kier alpha value is -3.64. The number of halogens is 6. The smallest absolute Gasteiger partial charge is 0.419 e. The van der Waals surface area contributed by atoms with Crippen LogP contribution in [0.25, 0.3) is 28.3 Å². The SMILES string of the molecule is CCCc1ccc(-c2ccc(C=CC(F)(F)Oc3ccc(-c4ccc(Cl)c(F)c4)c(F)c3)c(F)c2)cc1. The molecular formula is C30H22ClF5O. The van der Waals surface area contributed by atoms with E-state index in [1.807, 2.05) is 24.3 Å². The fourth-order valence-corrected chi connectivity index (χ4v) is 3.95. The van der Waals surface area contributed by atoms with E-state index in [0.717, 1.165) is 42.7 Å². The normalized spacial score (nSPS) is 11.8. The molecule has 0 N–H and O–H groups in total. The molecule has 4 aromatic rings. The van der Waals surface area contributed by atoms with Gasteiger partial charge in [0.2, 0.25) is 0 Å². The van der Waals surface area contributed by atoms with Crippen LogP contribution < -0.4 is 4.74 Å². The molecule has 7 heteroatoms. The van der Waals surface area contributed by atoms with E-state index in [0.29, 0.717) is 11.6 Å². The van der Waals surface area contributed by atoms with Crippen LogP contribution in [0, 0.1) is 17.5 Å². The molecular weight excluding hydrogens is 507 g/mol. The third-order valence-corrected chi connectivity index (χ3v) is 6.01. The molecule has 0 saturated carbocycles. The van der Waals surface area contributed by atoms with Crippen LogP contribution in [0.1, 0.15) is 24.5 Å². The standard InChI is InChI=1S/C30H22ClF5O/c1-2-3-19-4-6-20(7-5-19)22-9-8-21(27(32)16-22)14-15-30(35,36)37-24-11-12-25(28(33)18-24)23-10-13-26(31)29(34)17-23/h4-18H,2-3H2,1H3. The first-order chi connectivity index (χ1) is 17.6. The summed E-state index contributed by atoms with van der Waals surface area (Å²) in [6, 6.07) is 18.9. The van der Waals surface area contributed by atoms with Gasteiger partial charge < -0.3 is 4.74 Å². The number of benzene rings is 4. The van der Waals surface area contributed by atoms with Gasteiger partial charge >= 0.3 is 6.11 Å². The van der Waals surface area contributed by atoms with Crippen molar-refractivity contribution >= 4 is 17.7 Å². The van der Waals surface area contributed by atoms with Gasteiger partial charge in [0.15, 0.2) is 0 Å². The second kappa shape index (κ2) is 11.2. The van der Waals surface area contributed by atoms with E-state index in [-0.39, 0.29) is 21.7 Å². The summed E-state index contributed by atoms with van der Waals surface area (Å²) in [6.45, 7) is 2.09. The average molecular weight is 529 g/mol. The molecule has 0 radical (unpaired) electrons. The van der Waals surface area contributed by atoms with Crippen molar-refractivity contribution in [2.75, 3.05) is 0 Å². The molecule has 0 aliphatic rings. The van der Waals surface area contributed by atoms with Crippen molar-refractivity contribution in [2.45, 2.75) is 25.9 Å². The van der Waals surface area contributed by atoms with Gasteiger partial charge in [-0.05, 0) is 65.1 Å². The maximum absolute atomic E-state index is 14.6. The molecule has 0 unspecified atom stereocenters. The summed E-state index contributed by atoms with van der Waals surface area (Å²) in [7, 11) is 0. The second-order valence-corrected chi connectivity index (χ2v) is 8.86. The Balaban J connectivity index is 1.47. The van der Waals surface area contributed by atoms with Crippen molar-refractivity contribution in [3.05, 3.63) is 119 Å². The minimum absolute atomic E-state index is 0.0102. The van der Waals surface area contributed by atoms with Gasteiger partial charge in [-0.25, -0.2) is 13.2 Å². The molecule has 0 aromatic heterocycles. The third kappa shape index (κ3) is 6.57. The summed E-state index contributed by atoms with van der Waals surface area (Å²) in [5.41, 5.74) is 2.74. The highest BCUT2D eigenvalue weighted by Gasteiger charge is 2.28. The summed E-state index contributed by atoms with van der Waals surface area (Å²) in [5, 5.41) is -0.123. The van der Waals surface area contributed by atoms with Crippen molar-refractivity contribution in [1.29, 1.82) is 0 Å². The van der Waals surface area contributed by atoms with Gasteiger partial charge in [-0.2, -0.15) is 8.78 Å². The predicted octanol–water partition coefficient (Wildman–Crippen LogP) is 9.73. The van der Waals surface area contributed by atoms with Gasteiger partial charge in [0.05, 0.1) is 5.02 Å². The lowest BCUT2D eigenvalue weighted by atomic mass is 10.0. The van der Waals surface area contributed by atoms with Crippen molar-refractivity contribution in [2.24, 2.45) is 0 Å². The number of alkyl halides is 2. The van der Waals surface area contributed by atoms with Gasteiger partial charge in [0.25, 0.3) is 0 Å². The zero-order valence-corrected chi connectivity index (χ0v) is 20.5. The molecule has 0 fully saturated rings. The van der Waals surface area contributed by atoms with Crippen LogP contribution in [0.5, 0.6) is 5.75 Å². The maximum atomic E-state index is 14.6. The Morgan fingerprint density at radius 1 is 0.757 bits per heavy atom. The van der Waals surface area contributed by atoms with E-state index in [1.54, 1.807) is 6.07 Å². The van der Waals surface area contributed by atoms with Crippen LogP contribution in [0.4, 0.5) is 22.0 Å². The van der Waals surface area contributed by atoms with E-state index in [9.17, 15) is 22.0 Å². The van der Waals surface area contributed by atoms with E-state index >= 15 is 0 Å². The number of rotatable bonds is 8. The Labute approximate surface area is 216 Å². The van der Waals surface area contributed by atoms with E-state index in [2.05, 4.69) is 11.7 Å². The Morgan fingerprint density at radius 2 is 1.43 bits per heavy atom. The van der Waals surface area contributed by atoms with Crippen molar-refractivity contribution in [3.8, 4) is 28.0 Å². The molecule has 37 heavy (non-hydrogen) atoms. The summed E-state index contributed by atoms with van der Waals surface area (Å²) in [6.07, 6.45) is -0.571. The van der Waals surface area contributed by atoms with Crippen LogP contribution >= 0.6 is 11.6 Å². The summed E-state index contributed by atoms with van der Waals surface area (Å²) in [4.78, 5) is 0. The largest absolute Gasteiger partial charge is 0.429 e. The van der Waals surface area contributed by atoms with Crippen LogP contribution in [0.2, 0.25) is 5.02 Å². The monoisotopic (exact) mass is 528 g/mol. The minimum Gasteiger partial charge on any atom is -0.429 e. The highest BCUT2D eigenvalue weighted by Crippen LogP contribution is 2.31. The first-order valence-electron chi connectivity index (χ1n) is 11.5. The maximum Gasteiger partial charge on any atom is 0.419 e. The van der Waals surface area contributed by atoms with Crippen LogP contribution in [0.3, 0.4) is 0 Å². The third-order valence-electron chi connectivity index (χ3n) is 5.71. The quantitative estimate of drug-likeness (QED) is 0.207. The molecule has 4 aromatic carbocycles. The topological polar surface area (TPSA) is 9.23 Å². The Morgan fingerprint density at radius 3 is 2.08 bits per heavy atom. The van der Waals surface area contributed by atoms with Crippen LogP contribution in [0.15, 0.2) is 84.9 Å². The summed E-state index contributed by atoms with van der Waals surface area (Å²) >= 11 is 5.64. The predicted molar refractivity (Wildman–Crippen MR) is 137 cm³/mol. The second-order valence-electron chi connectivity index (χ2n) is 8.45. The fraction of sp³-hybridized carbons (Fsp3) is 0.133. The zero-order chi connectivity index (χ0) is 26.6. The average Bonchev–Trinajstić information content (AvgIpc) is 2.86. The first kappa shape index (κ1) is 26.4. The first-order valence-corrected chi connectivity index (χ1v) is 11.9. The molecule has 0 amide bonds. The number of aryl methyl sites for hydroxylation is 1. The highest BCUT2D eigenvalue weighted by atomic mass is 35.5. The van der Waals surface area contributed by atoms with Gasteiger partial charge in [-0.3, -0.25) is 0 Å². The number of hydrogen-bond donors (Lipinski definition) is 0. The van der Waals surface area contributed by atoms with Gasteiger partial charge in [0, 0.05) is 23.3 Å². The Kier molecular flexibility index (Phi) is 7.98. The molecule has 0 aliphatic heterocycles. The lowest BCUT2D eigenvalue weighted by molar-refractivity contribution is -0.131. The van der Waals surface area contributed by atoms with E-state index < -0.39 is 29.3 Å². The minimum atomic E-state index is -3.85. The van der Waals surface area contributed by atoms with Crippen molar-refractivity contribution in [3.63, 3.8) is 0 Å². The van der Waals surface area contributed by atoms with Gasteiger partial charge in [-0.15, -0.1) is 0 Å². The lowest BCUT2D eigenvalue weighted by Gasteiger charge is -2.15. The fourth-order valence-electron chi connectivity index (χ4n) is 3.83. The molecule has 0 heterocycles. The molecule has 0 aliphatic carbocycles. The molecule has 0 atom stereocenters. The Bertz CT molecular complexity index is 1430. The van der Waals surface area contributed by atoms with Gasteiger partial charge in [-0.1, -0.05) is 67.4 Å². The van der Waals surface area contributed by atoms with E-state index in [4.69, 9.17) is 11.6 Å². The highest BCUT2D eigenvalue weighted by molar-refractivity contribution is 6.30. The zero-order valence-electron chi connectivity index (χ0n) is 19.8. The number of hydrogen-bond acceptors (Lipinski definition) is 1. The molecule has 190 valence electrons. The summed E-state index contributed by atoms with van der Waals surface area (Å²) in [5.74, 6) is -2.75. The molecule has 4 rings (SSSR count). The lowest BCUT2D eigenvalue weighted by Crippen LogP contribution is -2.21. The molecule has 0 saturated heterocycles. The molecule has 1 nitrogen and oxygen atoms in total. The number of ether oxygens (including phenoxy) is 1.